The van der Waals surface area contributed by atoms with Crippen LogP contribution in [0.2, 0.25) is 0 Å². The van der Waals surface area contributed by atoms with Crippen LogP contribution in [0.25, 0.3) is 11.0 Å². The van der Waals surface area contributed by atoms with Crippen LogP contribution in [0.5, 0.6) is 0 Å². The first-order chi connectivity index (χ1) is 24.4. The molecular weight excluding hydrogens is 659 g/mol. The van der Waals surface area contributed by atoms with Crippen molar-refractivity contribution in [1.29, 1.82) is 0 Å². The Morgan fingerprint density at radius 3 is 2.35 bits per heavy atom. The number of nitrogens with zero attached hydrogens (tertiary/aromatic N) is 4. The number of para-hydroxylation sites is 2. The van der Waals surface area contributed by atoms with Gasteiger partial charge in [-0.05, 0) is 62.5 Å². The highest BCUT2D eigenvalue weighted by Gasteiger charge is 2.40. The lowest BCUT2D eigenvalue weighted by Crippen LogP contribution is -2.37. The molecule has 0 aliphatic heterocycles. The monoisotopic (exact) mass is 700 g/mol. The van der Waals surface area contributed by atoms with Crippen molar-refractivity contribution in [2.45, 2.75) is 70.0 Å². The fourth-order valence-corrected chi connectivity index (χ4v) is 5.65. The zero-order valence-corrected chi connectivity index (χ0v) is 28.4. The first-order valence-corrected chi connectivity index (χ1v) is 16.5. The molecule has 13 nitrogen and oxygen atoms in total. The van der Waals surface area contributed by atoms with Crippen LogP contribution in [-0.2, 0) is 25.5 Å². The van der Waals surface area contributed by atoms with Gasteiger partial charge in [-0.15, -0.1) is 0 Å². The summed E-state index contributed by atoms with van der Waals surface area (Å²) in [4.78, 5) is 59.5. The van der Waals surface area contributed by atoms with Gasteiger partial charge < -0.3 is 20.3 Å². The number of fused-ring (bicyclic) bond motifs is 1. The first kappa shape index (κ1) is 38.0. The Labute approximate surface area is 294 Å². The molecule has 51 heavy (non-hydrogen) atoms. The van der Waals surface area contributed by atoms with Gasteiger partial charge in [-0.25, -0.2) is 19.2 Å². The average Bonchev–Trinajstić information content (AvgIpc) is 3.64. The van der Waals surface area contributed by atoms with Crippen LogP contribution < -0.4 is 5.32 Å². The smallest absolute Gasteiger partial charge is 0.335 e. The van der Waals surface area contributed by atoms with Gasteiger partial charge in [0.1, 0.15) is 29.4 Å². The molecule has 268 valence electrons. The Morgan fingerprint density at radius 2 is 1.67 bits per heavy atom. The molecule has 0 saturated heterocycles. The molecule has 0 bridgehead atoms. The molecule has 4 aromatic rings. The topological polar surface area (TPSA) is 197 Å². The number of carboxylic acid groups (broad SMARTS) is 2. The van der Waals surface area contributed by atoms with Crippen molar-refractivity contribution < 1.29 is 38.5 Å². The number of hydrogen-bond acceptors (Lipinski definition) is 9. The molecule has 2 heterocycles. The highest BCUT2D eigenvalue weighted by Crippen LogP contribution is 2.32. The number of carboxylic acids is 2. The summed E-state index contributed by atoms with van der Waals surface area (Å²) in [6, 6.07) is 17.2. The van der Waals surface area contributed by atoms with Crippen LogP contribution in [0, 0.1) is 5.92 Å². The zero-order chi connectivity index (χ0) is 36.8. The molecule has 0 saturated carbocycles. The van der Waals surface area contributed by atoms with Gasteiger partial charge >= 0.3 is 11.9 Å². The maximum Gasteiger partial charge on any atom is 0.335 e. The van der Waals surface area contributed by atoms with E-state index in [1.165, 1.54) is 19.4 Å². The number of rotatable bonds is 15. The quantitative estimate of drug-likeness (QED) is 0.0917. The second kappa shape index (κ2) is 18.3. The van der Waals surface area contributed by atoms with Crippen LogP contribution in [0.4, 0.5) is 4.39 Å². The maximum absolute atomic E-state index is 15.0. The molecule has 0 fully saturated rings. The summed E-state index contributed by atoms with van der Waals surface area (Å²) in [5.41, 5.74) is 0.512. The maximum atomic E-state index is 15.0. The molecule has 1 amide bonds. The van der Waals surface area contributed by atoms with Gasteiger partial charge in [-0.2, -0.15) is 5.10 Å². The van der Waals surface area contributed by atoms with Crippen LogP contribution in [0.15, 0.2) is 90.9 Å². The van der Waals surface area contributed by atoms with E-state index in [1.807, 2.05) is 54.6 Å². The third kappa shape index (κ3) is 11.7. The van der Waals surface area contributed by atoms with E-state index in [4.69, 9.17) is 14.6 Å². The molecule has 1 aliphatic carbocycles. The van der Waals surface area contributed by atoms with E-state index in [1.54, 1.807) is 0 Å². The van der Waals surface area contributed by atoms with Crippen LogP contribution >= 0.6 is 0 Å². The molecule has 2 aromatic carbocycles. The number of aliphatic carboxylic acids is 2. The lowest BCUT2D eigenvalue weighted by Gasteiger charge is -2.27. The van der Waals surface area contributed by atoms with Gasteiger partial charge in [0.25, 0.3) is 11.9 Å². The third-order valence-corrected chi connectivity index (χ3v) is 8.27. The van der Waals surface area contributed by atoms with E-state index < -0.39 is 29.5 Å². The number of allylic oxidation sites excluding steroid dienone is 1. The predicted molar refractivity (Wildman–Crippen MR) is 185 cm³/mol. The number of amides is 1. The number of carbonyl (C=O) groups excluding carboxylic acids is 2. The van der Waals surface area contributed by atoms with Crippen molar-refractivity contribution in [2.24, 2.45) is 5.92 Å². The summed E-state index contributed by atoms with van der Waals surface area (Å²) in [6.07, 6.45) is 10.3. The summed E-state index contributed by atoms with van der Waals surface area (Å²) >= 11 is 0. The second-order valence-corrected chi connectivity index (χ2v) is 12.3. The molecule has 5 rings (SSSR count). The summed E-state index contributed by atoms with van der Waals surface area (Å²) in [6.45, 7) is 2.29. The highest BCUT2D eigenvalue weighted by molar-refractivity contribution is 5.94. The fourth-order valence-electron chi connectivity index (χ4n) is 5.65. The number of nitrogens with one attached hydrogen (secondary N) is 2. The Morgan fingerprint density at radius 1 is 0.980 bits per heavy atom. The van der Waals surface area contributed by atoms with Crippen molar-refractivity contribution in [3.63, 3.8) is 0 Å². The molecule has 14 heteroatoms. The largest absolute Gasteiger partial charge is 0.481 e. The third-order valence-electron chi connectivity index (χ3n) is 8.27. The summed E-state index contributed by atoms with van der Waals surface area (Å²) in [5.74, 6) is -4.02. The number of H-pyrrole nitrogens is 1. The Bertz CT molecular complexity index is 1840. The predicted octanol–water partition coefficient (Wildman–Crippen LogP) is 5.38. The van der Waals surface area contributed by atoms with Crippen molar-refractivity contribution in [2.75, 3.05) is 6.61 Å². The number of aromatic amines is 1. The molecular formula is C37H41FN6O7. The van der Waals surface area contributed by atoms with Gasteiger partial charge in [0, 0.05) is 18.9 Å². The van der Waals surface area contributed by atoms with Crippen molar-refractivity contribution in [3.05, 3.63) is 108 Å². The molecule has 2 aromatic heterocycles. The minimum Gasteiger partial charge on any atom is -0.481 e. The number of benzene rings is 2. The number of ether oxygens (including phenoxy) is 1. The standard InChI is InChI=1S/C35H37FN6O5.C2H4O2/c1-35(36)17-15-25(33(44)45)20-27(35)34(46)47-18-16-24(31-38-22-39-42-31)11-5-6-12-26(19-23-9-3-2-4-10-23)40-32(43)30-21-37-28-13-7-8-14-29(28)41-30;1-2(3)4/h2-4,7-10,13-15,17,20-22,24,26-27H,5-6,11-12,16,18-19H2,1H3,(H,40,43)(H,44,45)(H,38,39,42);1H3,(H,3,4). The van der Waals surface area contributed by atoms with Crippen LogP contribution in [0.3, 0.4) is 0 Å². The van der Waals surface area contributed by atoms with E-state index >= 15 is 0 Å². The number of carbonyl (C=O) groups is 4. The van der Waals surface area contributed by atoms with Gasteiger partial charge in [-0.3, -0.25) is 24.5 Å². The summed E-state index contributed by atoms with van der Waals surface area (Å²) < 4.78 is 20.4. The van der Waals surface area contributed by atoms with E-state index in [0.29, 0.717) is 37.0 Å². The van der Waals surface area contributed by atoms with E-state index in [2.05, 4.69) is 30.5 Å². The lowest BCUT2D eigenvalue weighted by atomic mass is 9.84. The van der Waals surface area contributed by atoms with E-state index in [9.17, 15) is 23.9 Å². The first-order valence-electron chi connectivity index (χ1n) is 16.5. The second-order valence-electron chi connectivity index (χ2n) is 12.3. The molecule has 0 spiro atoms. The van der Waals surface area contributed by atoms with Crippen LogP contribution in [0.1, 0.15) is 73.7 Å². The molecule has 4 unspecified atom stereocenters. The number of aromatic nitrogens is 5. The van der Waals surface area contributed by atoms with Crippen molar-refractivity contribution in [1.82, 2.24) is 30.5 Å². The lowest BCUT2D eigenvalue weighted by molar-refractivity contribution is -0.150. The number of halogens is 1. The number of unbranched alkanes of at least 4 members (excludes halogenated alkanes) is 1. The molecule has 1 aliphatic rings. The normalized spacial score (nSPS) is 17.7. The van der Waals surface area contributed by atoms with Crippen molar-refractivity contribution in [3.8, 4) is 0 Å². The number of alkyl halides is 1. The average molecular weight is 701 g/mol. The summed E-state index contributed by atoms with van der Waals surface area (Å²) in [7, 11) is 0. The Hall–Kier alpha value is -5.79. The van der Waals surface area contributed by atoms with Gasteiger partial charge in [0.15, 0.2) is 0 Å². The SMILES string of the molecule is CC(=O)O.CC1(F)C=CC(C(=O)O)=CC1C(=O)OCCC(CCCCC(Cc1ccccc1)NC(=O)c1cnc2ccccc2n1)c1ncn[nH]1. The minimum absolute atomic E-state index is 0.00375. The number of esters is 1. The van der Waals surface area contributed by atoms with E-state index in [0.717, 1.165) is 49.1 Å². The zero-order valence-electron chi connectivity index (χ0n) is 28.4. The van der Waals surface area contributed by atoms with Gasteiger partial charge in [0.05, 0.1) is 29.4 Å². The van der Waals surface area contributed by atoms with E-state index in [-0.39, 0.29) is 35.7 Å². The fraction of sp³-hybridized carbons (Fsp3) is 0.351. The molecule has 4 N–H and O–H groups in total. The van der Waals surface area contributed by atoms with Crippen LogP contribution in [-0.4, -0.2) is 77.5 Å². The Kier molecular flexibility index (Phi) is 13.6. The van der Waals surface area contributed by atoms with Gasteiger partial charge in [-0.1, -0.05) is 61.4 Å². The minimum atomic E-state index is -2.06. The molecule has 0 radical (unpaired) electrons. The molecule has 4 atom stereocenters. The summed E-state index contributed by atoms with van der Waals surface area (Å²) in [5, 5.41) is 26.7. The number of hydrogen-bond donors (Lipinski definition) is 4. The highest BCUT2D eigenvalue weighted by atomic mass is 19.1. The van der Waals surface area contributed by atoms with Crippen molar-refractivity contribution >= 4 is 34.8 Å². The Balaban J connectivity index is 0.00000138. The van der Waals surface area contributed by atoms with Gasteiger partial charge in [0.2, 0.25) is 0 Å².